The smallest absolute Gasteiger partial charge is 0.266 e. The van der Waals surface area contributed by atoms with E-state index in [1.54, 1.807) is 0 Å². The van der Waals surface area contributed by atoms with E-state index in [-0.39, 0.29) is 26.9 Å². The summed E-state index contributed by atoms with van der Waals surface area (Å²) >= 11 is 5.66. The van der Waals surface area contributed by atoms with Crippen LogP contribution in [0.1, 0.15) is 10.5 Å². The van der Waals surface area contributed by atoms with Crippen molar-refractivity contribution >= 4 is 41.7 Å². The largest absolute Gasteiger partial charge is 0.364 e. The topological polar surface area (TPSA) is 85.2 Å². The number of nitrogens with two attached hydrogens (primary N) is 1. The van der Waals surface area contributed by atoms with Gasteiger partial charge in [0.2, 0.25) is 8.03 Å². The van der Waals surface area contributed by atoms with Crippen molar-refractivity contribution in [1.82, 2.24) is 4.98 Å². The maximum atomic E-state index is 13.9. The van der Waals surface area contributed by atoms with E-state index in [1.165, 1.54) is 19.2 Å². The van der Waals surface area contributed by atoms with Gasteiger partial charge in [0.1, 0.15) is 5.69 Å². The van der Waals surface area contributed by atoms with E-state index in [2.05, 4.69) is 4.98 Å². The van der Waals surface area contributed by atoms with Crippen molar-refractivity contribution in [2.75, 3.05) is 7.11 Å². The highest BCUT2D eigenvalue weighted by atomic mass is 35.5. The van der Waals surface area contributed by atoms with Gasteiger partial charge in [0.25, 0.3) is 5.91 Å². The van der Waals surface area contributed by atoms with Gasteiger partial charge in [-0.3, -0.25) is 9.36 Å². The minimum absolute atomic E-state index is 0.0259. The van der Waals surface area contributed by atoms with E-state index >= 15 is 0 Å². The molecule has 1 heterocycles. The molecule has 1 amide bonds. The molecule has 0 aliphatic rings. The molecule has 0 aliphatic carbocycles. The van der Waals surface area contributed by atoms with Gasteiger partial charge in [-0.1, -0.05) is 11.6 Å². The van der Waals surface area contributed by atoms with Crippen molar-refractivity contribution in [2.24, 2.45) is 5.73 Å². The quantitative estimate of drug-likeness (QED) is 0.845. The van der Waals surface area contributed by atoms with E-state index in [0.717, 1.165) is 0 Å². The summed E-state index contributed by atoms with van der Waals surface area (Å²) < 4.78 is 30.4. The summed E-state index contributed by atoms with van der Waals surface area (Å²) in [6, 6.07) is 2.80. The first-order valence-corrected chi connectivity index (χ1v) is 6.54. The molecule has 0 radical (unpaired) electrons. The molecule has 0 spiro atoms. The summed E-state index contributed by atoms with van der Waals surface area (Å²) in [5.41, 5.74) is 5.32. The summed E-state index contributed by atoms with van der Waals surface area (Å²) in [6.45, 7) is 0. The molecule has 1 unspecified atom stereocenters. The van der Waals surface area contributed by atoms with Crippen molar-refractivity contribution in [3.63, 3.8) is 0 Å². The summed E-state index contributed by atoms with van der Waals surface area (Å²) in [4.78, 5) is 13.9. The molecule has 5 nitrogen and oxygen atoms in total. The zero-order chi connectivity index (χ0) is 13.4. The van der Waals surface area contributed by atoms with Gasteiger partial charge >= 0.3 is 0 Å². The molecule has 0 aliphatic heterocycles. The number of hydrogen-bond donors (Lipinski definition) is 2. The molecule has 0 fully saturated rings. The first-order chi connectivity index (χ1) is 8.47. The summed E-state index contributed by atoms with van der Waals surface area (Å²) in [5.74, 6) is -1.60. The third kappa shape index (κ3) is 1.92. The van der Waals surface area contributed by atoms with E-state index in [0.29, 0.717) is 0 Å². The van der Waals surface area contributed by atoms with Gasteiger partial charge in [0.05, 0.1) is 15.7 Å². The number of hydrogen-bond acceptors (Lipinski definition) is 3. The minimum Gasteiger partial charge on any atom is -0.364 e. The maximum absolute atomic E-state index is 13.9. The van der Waals surface area contributed by atoms with E-state index in [4.69, 9.17) is 21.9 Å². The highest BCUT2D eigenvalue weighted by Crippen LogP contribution is 2.32. The zero-order valence-corrected chi connectivity index (χ0v) is 11.0. The van der Waals surface area contributed by atoms with Gasteiger partial charge in [0, 0.05) is 12.6 Å². The Morgan fingerprint density at radius 3 is 2.78 bits per heavy atom. The van der Waals surface area contributed by atoms with Crippen LogP contribution in [0, 0.1) is 5.82 Å². The number of carbonyl (C=O) groups is 1. The number of aromatic amines is 1. The molecular weight excluding hydrogens is 282 g/mol. The highest BCUT2D eigenvalue weighted by Gasteiger charge is 2.23. The SMILES string of the molecule is CO[PH](=O)c1c(C(N)=O)[nH]c2ccc(Cl)c(F)c12. The number of benzene rings is 1. The Labute approximate surface area is 107 Å². The zero-order valence-electron chi connectivity index (χ0n) is 9.21. The second-order valence-electron chi connectivity index (χ2n) is 3.51. The van der Waals surface area contributed by atoms with Crippen molar-refractivity contribution in [2.45, 2.75) is 0 Å². The Morgan fingerprint density at radius 2 is 2.22 bits per heavy atom. The fourth-order valence-corrected chi connectivity index (χ4v) is 2.91. The van der Waals surface area contributed by atoms with Gasteiger partial charge < -0.3 is 15.2 Å². The van der Waals surface area contributed by atoms with Crippen LogP contribution < -0.4 is 11.0 Å². The Hall–Kier alpha value is -1.36. The minimum atomic E-state index is -2.78. The standard InChI is InChI=1S/C10H9ClFN2O3P/c1-17-18(16)9-6-5(14-8(9)10(13)15)3-2-4(11)7(6)12/h2-3,14,18H,1H3,(H2,13,15). The van der Waals surface area contributed by atoms with Crippen molar-refractivity contribution in [1.29, 1.82) is 0 Å². The average Bonchev–Trinajstić information content (AvgIpc) is 2.73. The second kappa shape index (κ2) is 4.72. The van der Waals surface area contributed by atoms with Crippen molar-refractivity contribution < 1.29 is 18.3 Å². The lowest BCUT2D eigenvalue weighted by Crippen LogP contribution is -2.19. The summed E-state index contributed by atoms with van der Waals surface area (Å²) in [7, 11) is -1.58. The molecule has 18 heavy (non-hydrogen) atoms. The maximum Gasteiger partial charge on any atom is 0.266 e. The molecule has 2 aromatic rings. The van der Waals surface area contributed by atoms with Crippen molar-refractivity contribution in [3.05, 3.63) is 28.7 Å². The Balaban J connectivity index is 2.92. The monoisotopic (exact) mass is 290 g/mol. The lowest BCUT2D eigenvalue weighted by molar-refractivity contribution is 0.0997. The Bertz CT molecular complexity index is 671. The third-order valence-electron chi connectivity index (χ3n) is 2.49. The molecule has 1 aromatic carbocycles. The first-order valence-electron chi connectivity index (χ1n) is 4.85. The molecule has 3 N–H and O–H groups in total. The Morgan fingerprint density at radius 1 is 1.56 bits per heavy atom. The molecule has 0 saturated carbocycles. The number of rotatable bonds is 3. The Kier molecular flexibility index (Phi) is 3.43. The predicted octanol–water partition coefficient (Wildman–Crippen LogP) is 1.81. The summed E-state index contributed by atoms with van der Waals surface area (Å²) in [5, 5.41) is -0.225. The lowest BCUT2D eigenvalue weighted by atomic mass is 10.2. The average molecular weight is 291 g/mol. The van der Waals surface area contributed by atoms with Gasteiger partial charge in [-0.05, 0) is 12.1 Å². The molecule has 2 rings (SSSR count). The van der Waals surface area contributed by atoms with Gasteiger partial charge in [-0.25, -0.2) is 4.39 Å². The van der Waals surface area contributed by atoms with Crippen molar-refractivity contribution in [3.8, 4) is 0 Å². The van der Waals surface area contributed by atoms with Crippen LogP contribution in [-0.4, -0.2) is 18.0 Å². The van der Waals surface area contributed by atoms with Crippen LogP contribution in [-0.2, 0) is 9.09 Å². The number of aromatic nitrogens is 1. The number of nitrogens with one attached hydrogen (secondary N) is 1. The number of H-pyrrole nitrogens is 1. The highest BCUT2D eigenvalue weighted by molar-refractivity contribution is 7.49. The number of halogens is 2. The fraction of sp³-hybridized carbons (Fsp3) is 0.100. The van der Waals surface area contributed by atoms with Crippen LogP contribution in [0.5, 0.6) is 0 Å². The first kappa shape index (κ1) is 13.1. The molecule has 1 aromatic heterocycles. The van der Waals surface area contributed by atoms with Gasteiger partial charge in [-0.2, -0.15) is 0 Å². The molecular formula is C10H9ClFN2O3P. The van der Waals surface area contributed by atoms with E-state index < -0.39 is 19.8 Å². The van der Waals surface area contributed by atoms with E-state index in [1.807, 2.05) is 0 Å². The van der Waals surface area contributed by atoms with Crippen LogP contribution in [0.2, 0.25) is 5.02 Å². The molecule has 1 atom stereocenters. The molecule has 96 valence electrons. The molecule has 0 saturated heterocycles. The number of primary amides is 1. The number of amides is 1. The second-order valence-corrected chi connectivity index (χ2v) is 5.41. The fourth-order valence-electron chi connectivity index (χ4n) is 1.71. The third-order valence-corrected chi connectivity index (χ3v) is 4.06. The summed E-state index contributed by atoms with van der Waals surface area (Å²) in [6.07, 6.45) is 0. The van der Waals surface area contributed by atoms with Gasteiger partial charge in [0.15, 0.2) is 5.82 Å². The van der Waals surface area contributed by atoms with Crippen LogP contribution in [0.15, 0.2) is 12.1 Å². The number of fused-ring (bicyclic) bond motifs is 1. The van der Waals surface area contributed by atoms with Gasteiger partial charge in [-0.15, -0.1) is 0 Å². The van der Waals surface area contributed by atoms with E-state index in [9.17, 15) is 13.8 Å². The van der Waals surface area contributed by atoms with Crippen LogP contribution >= 0.6 is 19.6 Å². The van der Waals surface area contributed by atoms with Crippen LogP contribution in [0.3, 0.4) is 0 Å². The molecule has 8 heteroatoms. The normalized spacial score (nSPS) is 12.8. The van der Waals surface area contributed by atoms with Crippen LogP contribution in [0.4, 0.5) is 4.39 Å². The number of carbonyl (C=O) groups excluding carboxylic acids is 1. The lowest BCUT2D eigenvalue weighted by Gasteiger charge is -2.02. The predicted molar refractivity (Wildman–Crippen MR) is 67.4 cm³/mol. The van der Waals surface area contributed by atoms with Crippen LogP contribution in [0.25, 0.3) is 10.9 Å². The molecule has 0 bridgehead atoms.